The molecule has 0 spiro atoms. The lowest BCUT2D eigenvalue weighted by molar-refractivity contribution is -0.0986. The van der Waals surface area contributed by atoms with Crippen molar-refractivity contribution in [2.45, 2.75) is 52.2 Å². The molecule has 0 saturated heterocycles. The van der Waals surface area contributed by atoms with Crippen LogP contribution in [0.1, 0.15) is 40.5 Å². The molecule has 1 unspecified atom stereocenters. The molecule has 0 saturated carbocycles. The van der Waals surface area contributed by atoms with E-state index in [4.69, 9.17) is 4.74 Å². The van der Waals surface area contributed by atoms with Gasteiger partial charge in [-0.15, -0.1) is 0 Å². The van der Waals surface area contributed by atoms with Crippen LogP contribution in [0.4, 0.5) is 0 Å². The van der Waals surface area contributed by atoms with Crippen LogP contribution in [-0.2, 0) is 14.6 Å². The van der Waals surface area contributed by atoms with Gasteiger partial charge in [-0.2, -0.15) is 0 Å². The maximum atomic E-state index is 11.2. The van der Waals surface area contributed by atoms with Gasteiger partial charge < -0.3 is 9.84 Å². The van der Waals surface area contributed by atoms with E-state index in [-0.39, 0.29) is 11.5 Å². The number of sulfone groups is 1. The molecule has 0 amide bonds. The molecule has 1 atom stereocenters. The van der Waals surface area contributed by atoms with Crippen molar-refractivity contribution < 1.29 is 18.3 Å². The van der Waals surface area contributed by atoms with Gasteiger partial charge in [0.15, 0.2) is 0 Å². The number of hydrogen-bond donors (Lipinski definition) is 1. The number of rotatable bonds is 8. The van der Waals surface area contributed by atoms with Gasteiger partial charge in [-0.3, -0.25) is 0 Å². The summed E-state index contributed by atoms with van der Waals surface area (Å²) >= 11 is 0. The van der Waals surface area contributed by atoms with Crippen LogP contribution < -0.4 is 0 Å². The first kappa shape index (κ1) is 15.9. The minimum atomic E-state index is -2.92. The van der Waals surface area contributed by atoms with Gasteiger partial charge >= 0.3 is 0 Å². The van der Waals surface area contributed by atoms with E-state index in [9.17, 15) is 13.5 Å². The third-order valence-corrected chi connectivity index (χ3v) is 4.48. The van der Waals surface area contributed by atoms with Gasteiger partial charge in [-0.05, 0) is 33.6 Å². The molecule has 0 aromatic heterocycles. The number of ether oxygens (including phenoxy) is 1. The second kappa shape index (κ2) is 6.57. The third-order valence-electron chi connectivity index (χ3n) is 2.69. The largest absolute Gasteiger partial charge is 0.390 e. The lowest BCUT2D eigenvalue weighted by atomic mass is 9.97. The Morgan fingerprint density at radius 1 is 1.31 bits per heavy atom. The van der Waals surface area contributed by atoms with Crippen LogP contribution >= 0.6 is 0 Å². The van der Waals surface area contributed by atoms with Crippen LogP contribution in [0.5, 0.6) is 0 Å². The highest BCUT2D eigenvalue weighted by Gasteiger charge is 2.27. The fourth-order valence-corrected chi connectivity index (χ4v) is 2.35. The van der Waals surface area contributed by atoms with E-state index >= 15 is 0 Å². The summed E-state index contributed by atoms with van der Waals surface area (Å²) in [6.07, 6.45) is 0.305. The molecule has 0 rings (SSSR count). The summed E-state index contributed by atoms with van der Waals surface area (Å²) in [7, 11) is -2.92. The Balaban J connectivity index is 4.03. The predicted molar refractivity (Wildman–Crippen MR) is 65.3 cm³/mol. The molecule has 0 heterocycles. The maximum Gasteiger partial charge on any atom is 0.150 e. The van der Waals surface area contributed by atoms with E-state index in [1.54, 1.807) is 6.92 Å². The van der Waals surface area contributed by atoms with E-state index in [0.29, 0.717) is 19.4 Å². The zero-order chi connectivity index (χ0) is 12.8. The van der Waals surface area contributed by atoms with Crippen LogP contribution in [0, 0.1) is 0 Å². The second-order valence-corrected chi connectivity index (χ2v) is 6.90. The number of hydrogen-bond acceptors (Lipinski definition) is 4. The average Bonchev–Trinajstić information content (AvgIpc) is 2.17. The van der Waals surface area contributed by atoms with Gasteiger partial charge in [0.05, 0.1) is 17.5 Å². The Morgan fingerprint density at radius 3 is 2.31 bits per heavy atom. The molecule has 0 fully saturated rings. The average molecular weight is 252 g/mol. The fourth-order valence-electron chi connectivity index (χ4n) is 1.46. The van der Waals surface area contributed by atoms with E-state index in [1.165, 1.54) is 0 Å². The molecule has 0 radical (unpaired) electrons. The topological polar surface area (TPSA) is 63.6 Å². The normalized spacial score (nSPS) is 15.1. The van der Waals surface area contributed by atoms with Gasteiger partial charge in [-0.25, -0.2) is 8.42 Å². The Bertz CT molecular complexity index is 282. The number of aliphatic hydroxyl groups excluding tert-OH is 1. The molecule has 4 nitrogen and oxygen atoms in total. The third kappa shape index (κ3) is 5.82. The molecule has 0 aliphatic carbocycles. The van der Waals surface area contributed by atoms with Crippen LogP contribution in [0.2, 0.25) is 0 Å². The molecular formula is C11H24O4S. The monoisotopic (exact) mass is 252 g/mol. The summed E-state index contributed by atoms with van der Waals surface area (Å²) in [5.41, 5.74) is -0.606. The SMILES string of the molecule is CCOC(C)(C)C(O)CCCS(=O)(=O)CC. The van der Waals surface area contributed by atoms with Crippen LogP contribution in [-0.4, -0.2) is 43.3 Å². The van der Waals surface area contributed by atoms with Gasteiger partial charge in [0, 0.05) is 12.4 Å². The molecule has 98 valence electrons. The van der Waals surface area contributed by atoms with Crippen molar-refractivity contribution in [2.75, 3.05) is 18.1 Å². The Morgan fingerprint density at radius 2 is 1.88 bits per heavy atom. The van der Waals surface area contributed by atoms with E-state index in [0.717, 1.165) is 0 Å². The van der Waals surface area contributed by atoms with E-state index in [1.807, 2.05) is 20.8 Å². The van der Waals surface area contributed by atoms with Crippen LogP contribution in [0.15, 0.2) is 0 Å². The Kier molecular flexibility index (Phi) is 6.51. The quantitative estimate of drug-likeness (QED) is 0.709. The smallest absolute Gasteiger partial charge is 0.150 e. The molecule has 0 aliphatic rings. The highest BCUT2D eigenvalue weighted by atomic mass is 32.2. The fraction of sp³-hybridized carbons (Fsp3) is 1.00. The van der Waals surface area contributed by atoms with Crippen molar-refractivity contribution in [1.82, 2.24) is 0 Å². The van der Waals surface area contributed by atoms with Gasteiger partial charge in [0.2, 0.25) is 0 Å². The van der Waals surface area contributed by atoms with E-state index in [2.05, 4.69) is 0 Å². The van der Waals surface area contributed by atoms with Gasteiger partial charge in [0.25, 0.3) is 0 Å². The molecule has 0 aliphatic heterocycles. The van der Waals surface area contributed by atoms with Gasteiger partial charge in [-0.1, -0.05) is 6.92 Å². The van der Waals surface area contributed by atoms with Crippen molar-refractivity contribution in [3.63, 3.8) is 0 Å². The van der Waals surface area contributed by atoms with Crippen molar-refractivity contribution in [1.29, 1.82) is 0 Å². The zero-order valence-electron chi connectivity index (χ0n) is 10.7. The molecule has 0 bridgehead atoms. The summed E-state index contributed by atoms with van der Waals surface area (Å²) in [5.74, 6) is 0.306. The maximum absolute atomic E-state index is 11.2. The Labute approximate surface area is 98.9 Å². The second-order valence-electron chi connectivity index (χ2n) is 4.43. The lowest BCUT2D eigenvalue weighted by Gasteiger charge is -2.30. The zero-order valence-corrected chi connectivity index (χ0v) is 11.5. The van der Waals surface area contributed by atoms with E-state index < -0.39 is 21.5 Å². The van der Waals surface area contributed by atoms with Crippen molar-refractivity contribution >= 4 is 9.84 Å². The van der Waals surface area contributed by atoms with Gasteiger partial charge in [0.1, 0.15) is 9.84 Å². The molecule has 16 heavy (non-hydrogen) atoms. The van der Waals surface area contributed by atoms with Crippen molar-refractivity contribution in [3.05, 3.63) is 0 Å². The highest BCUT2D eigenvalue weighted by Crippen LogP contribution is 2.19. The molecule has 0 aromatic carbocycles. The van der Waals surface area contributed by atoms with Crippen molar-refractivity contribution in [3.8, 4) is 0 Å². The first-order chi connectivity index (χ1) is 7.25. The summed E-state index contributed by atoms with van der Waals surface area (Å²) in [6.45, 7) is 7.67. The summed E-state index contributed by atoms with van der Waals surface area (Å²) in [4.78, 5) is 0. The predicted octanol–water partition coefficient (Wildman–Crippen LogP) is 1.38. The summed E-state index contributed by atoms with van der Waals surface area (Å²) in [5, 5.41) is 9.86. The first-order valence-electron chi connectivity index (χ1n) is 5.77. The minimum absolute atomic E-state index is 0.142. The molecular weight excluding hydrogens is 228 g/mol. The summed E-state index contributed by atoms with van der Waals surface area (Å²) in [6, 6.07) is 0. The molecule has 1 N–H and O–H groups in total. The minimum Gasteiger partial charge on any atom is -0.390 e. The standard InChI is InChI=1S/C11H24O4S/c1-5-15-11(3,4)10(12)8-7-9-16(13,14)6-2/h10,12H,5-9H2,1-4H3. The van der Waals surface area contributed by atoms with Crippen LogP contribution in [0.25, 0.3) is 0 Å². The summed E-state index contributed by atoms with van der Waals surface area (Å²) < 4.78 is 27.9. The Hall–Kier alpha value is -0.130. The van der Waals surface area contributed by atoms with Crippen molar-refractivity contribution in [2.24, 2.45) is 0 Å². The van der Waals surface area contributed by atoms with Crippen LogP contribution in [0.3, 0.4) is 0 Å². The first-order valence-corrected chi connectivity index (χ1v) is 7.59. The highest BCUT2D eigenvalue weighted by molar-refractivity contribution is 7.91. The molecule has 5 heteroatoms. The lowest BCUT2D eigenvalue weighted by Crippen LogP contribution is -2.39. The molecule has 0 aromatic rings. The number of aliphatic hydroxyl groups is 1.